The summed E-state index contributed by atoms with van der Waals surface area (Å²) in [5.41, 5.74) is -30.0. The molecule has 0 aliphatic heterocycles. The molecule has 0 N–H and O–H groups in total. The van der Waals surface area contributed by atoms with Gasteiger partial charge in [-0.25, -0.2) is 35.1 Å². The van der Waals surface area contributed by atoms with Crippen molar-refractivity contribution in [1.82, 2.24) is 0 Å². The molecule has 96 heavy (non-hydrogen) atoms. The Morgan fingerprint density at radius 2 is 0.448 bits per heavy atom. The molecule has 0 aliphatic carbocycles. The van der Waals surface area contributed by atoms with Crippen molar-refractivity contribution in [1.29, 1.82) is 0 Å². The maximum atomic E-state index is 16.0. The number of benzene rings is 8. The molecule has 0 saturated carbocycles. The molecule has 0 spiro atoms. The Bertz CT molecular complexity index is 4170. The van der Waals surface area contributed by atoms with Crippen LogP contribution in [0.4, 0.5) is 123 Å². The molecule has 0 saturated heterocycles. The van der Waals surface area contributed by atoms with Crippen LogP contribution in [0.2, 0.25) is 0 Å². The fraction of sp³-hybridized carbons (Fsp3) is 0.250. The standard InChI is InChI=1S/C64H38F28O4/c1-7-57(5,95-55-47(75)39(67)26(4)40(68)48(55)76)27-9-13-29(14-10-27)60(63(87,88)89,64(90,91)92)32-19-23-34(24-20-32)94-54-49(77)41(69)35(42(70)50(54)78)36-43(71)51(79)56(52(80)44(36)72)96-58(6,8-2)28-11-15-30(16-12-28)59(61(81,82)83,62(84,85)86)31-17-21-33(22-18-31)93-53-45(73)37(65)25(3)38(66)46(53)74/h9-24H,7-8H2,1-6H3. The fourth-order valence-corrected chi connectivity index (χ4v) is 10.5. The molecule has 2 atom stereocenters. The van der Waals surface area contributed by atoms with Crippen molar-refractivity contribution in [3.63, 3.8) is 0 Å². The van der Waals surface area contributed by atoms with E-state index in [0.29, 0.717) is 50.2 Å². The van der Waals surface area contributed by atoms with Gasteiger partial charge in [-0.1, -0.05) is 86.6 Å². The minimum Gasteiger partial charge on any atom is -0.477 e. The molecule has 0 aliphatic rings. The molecule has 0 radical (unpaired) electrons. The van der Waals surface area contributed by atoms with Gasteiger partial charge in [0.15, 0.2) is 58.0 Å². The molecule has 514 valence electrons. The zero-order valence-corrected chi connectivity index (χ0v) is 48.9. The van der Waals surface area contributed by atoms with Crippen molar-refractivity contribution in [2.24, 2.45) is 0 Å². The molecule has 8 aromatic rings. The smallest absolute Gasteiger partial charge is 0.411 e. The van der Waals surface area contributed by atoms with Gasteiger partial charge in [0.1, 0.15) is 22.7 Å². The third-order valence-corrected chi connectivity index (χ3v) is 16.2. The highest BCUT2D eigenvalue weighted by atomic mass is 19.4. The molecule has 8 rings (SSSR count). The van der Waals surface area contributed by atoms with Gasteiger partial charge in [-0.05, 0) is 98.2 Å². The number of rotatable bonds is 17. The van der Waals surface area contributed by atoms with Crippen molar-refractivity contribution >= 4 is 0 Å². The Morgan fingerprint density at radius 1 is 0.260 bits per heavy atom. The van der Waals surface area contributed by atoms with Crippen molar-refractivity contribution < 1.29 is 142 Å². The molecular weight excluding hydrogens is 1360 g/mol. The van der Waals surface area contributed by atoms with Crippen LogP contribution < -0.4 is 18.9 Å². The largest absolute Gasteiger partial charge is 0.477 e. The SMILES string of the molecule is CCC(C)(Oc1c(F)c(F)c(C)c(F)c1F)c1ccc(C(c2ccc(Oc3c(F)c(F)c(-c4c(F)c(F)c(OC(C)(CC)c5ccc(C(c6ccc(Oc7c(F)c(F)c(C)c(F)c7F)cc6)(C(F)(F)F)C(F)(F)F)cc5)c(F)c4F)c(F)c3F)cc2)(C(F)(F)F)C(F)(F)F)cc1. The average molecular weight is 1400 g/mol. The molecule has 0 fully saturated rings. The van der Waals surface area contributed by atoms with Gasteiger partial charge in [-0.2, -0.15) is 87.8 Å². The molecule has 4 nitrogen and oxygen atoms in total. The third kappa shape index (κ3) is 11.6. The van der Waals surface area contributed by atoms with Crippen LogP contribution in [0.3, 0.4) is 0 Å². The van der Waals surface area contributed by atoms with Gasteiger partial charge >= 0.3 is 24.7 Å². The second-order valence-corrected chi connectivity index (χ2v) is 21.6. The van der Waals surface area contributed by atoms with E-state index in [-0.39, 0.29) is 60.7 Å². The second kappa shape index (κ2) is 25.2. The summed E-state index contributed by atoms with van der Waals surface area (Å²) >= 11 is 0. The zero-order chi connectivity index (χ0) is 72.0. The zero-order valence-electron chi connectivity index (χ0n) is 48.9. The summed E-state index contributed by atoms with van der Waals surface area (Å²) in [6, 6.07) is 3.98. The maximum Gasteiger partial charge on any atom is 0.411 e. The van der Waals surface area contributed by atoms with Gasteiger partial charge in [0.05, 0.1) is 11.1 Å². The third-order valence-electron chi connectivity index (χ3n) is 16.2. The van der Waals surface area contributed by atoms with E-state index >= 15 is 87.8 Å². The van der Waals surface area contributed by atoms with Gasteiger partial charge < -0.3 is 18.9 Å². The summed E-state index contributed by atoms with van der Waals surface area (Å²) in [7, 11) is 0. The summed E-state index contributed by atoms with van der Waals surface area (Å²) in [6.07, 6.45) is -26.6. The Kier molecular flexibility index (Phi) is 19.1. The van der Waals surface area contributed by atoms with E-state index in [1.165, 1.54) is 6.92 Å². The summed E-state index contributed by atoms with van der Waals surface area (Å²) in [6.45, 7) is 5.40. The normalized spacial score (nSPS) is 14.0. The Morgan fingerprint density at radius 3 is 0.667 bits per heavy atom. The number of hydrogen-bond acceptors (Lipinski definition) is 4. The van der Waals surface area contributed by atoms with Crippen molar-refractivity contribution in [3.05, 3.63) is 235 Å². The summed E-state index contributed by atoms with van der Waals surface area (Å²) in [5, 5.41) is 0. The second-order valence-electron chi connectivity index (χ2n) is 21.6. The lowest BCUT2D eigenvalue weighted by Crippen LogP contribution is -2.54. The van der Waals surface area contributed by atoms with Crippen LogP contribution in [-0.2, 0) is 22.0 Å². The van der Waals surface area contributed by atoms with Gasteiger partial charge in [0.25, 0.3) is 0 Å². The number of hydrogen-bond donors (Lipinski definition) is 0. The molecular formula is C64H38F28O4. The Balaban J connectivity index is 1.09. The molecule has 0 aromatic heterocycles. The molecule has 32 heteroatoms. The van der Waals surface area contributed by atoms with Crippen molar-refractivity contribution in [2.45, 2.75) is 101 Å². The minimum absolute atomic E-state index is 0.0000154. The van der Waals surface area contributed by atoms with Gasteiger partial charge in [-0.15, -0.1) is 0 Å². The highest BCUT2D eigenvalue weighted by Gasteiger charge is 2.74. The van der Waals surface area contributed by atoms with E-state index in [1.54, 1.807) is 0 Å². The number of alkyl halides is 12. The first-order valence-electron chi connectivity index (χ1n) is 27.1. The van der Waals surface area contributed by atoms with Crippen LogP contribution in [0, 0.1) is 107 Å². The summed E-state index contributed by atoms with van der Waals surface area (Å²) in [4.78, 5) is 0. The Labute approximate surface area is 522 Å². The first-order chi connectivity index (χ1) is 44.3. The quantitative estimate of drug-likeness (QED) is 0.0673. The molecule has 2 unspecified atom stereocenters. The van der Waals surface area contributed by atoms with E-state index < -0.39 is 243 Å². The van der Waals surface area contributed by atoms with Crippen LogP contribution >= 0.6 is 0 Å². The van der Waals surface area contributed by atoms with Crippen LogP contribution in [0.15, 0.2) is 97.1 Å². The van der Waals surface area contributed by atoms with Crippen LogP contribution in [0.25, 0.3) is 11.1 Å². The highest BCUT2D eigenvalue weighted by Crippen LogP contribution is 2.59. The first-order valence-corrected chi connectivity index (χ1v) is 27.1. The van der Waals surface area contributed by atoms with Gasteiger partial charge in [-0.3, -0.25) is 0 Å². The molecule has 8 aromatic carbocycles. The Hall–Kier alpha value is -9.00. The maximum absolute atomic E-state index is 16.0. The monoisotopic (exact) mass is 1400 g/mol. The van der Waals surface area contributed by atoms with E-state index in [4.69, 9.17) is 18.9 Å². The lowest BCUT2D eigenvalue weighted by Gasteiger charge is -2.39. The van der Waals surface area contributed by atoms with Crippen LogP contribution in [0.1, 0.15) is 85.0 Å². The topological polar surface area (TPSA) is 36.9 Å². The van der Waals surface area contributed by atoms with E-state index in [0.717, 1.165) is 20.8 Å². The lowest BCUT2D eigenvalue weighted by molar-refractivity contribution is -0.290. The predicted octanol–water partition coefficient (Wildman–Crippen LogP) is 22.0. The first kappa shape index (κ1) is 72.8. The predicted molar refractivity (Wildman–Crippen MR) is 282 cm³/mol. The van der Waals surface area contributed by atoms with Gasteiger partial charge in [0.2, 0.25) is 68.9 Å². The van der Waals surface area contributed by atoms with Crippen LogP contribution in [-0.4, -0.2) is 24.7 Å². The average Bonchev–Trinajstić information content (AvgIpc) is 0.724. The van der Waals surface area contributed by atoms with Crippen LogP contribution in [0.5, 0.6) is 34.5 Å². The minimum atomic E-state index is -6.39. The summed E-state index contributed by atoms with van der Waals surface area (Å²) < 4.78 is 445. The number of halogens is 28. The molecule has 0 heterocycles. The van der Waals surface area contributed by atoms with Crippen molar-refractivity contribution in [2.75, 3.05) is 0 Å². The lowest BCUT2D eigenvalue weighted by atomic mass is 9.72. The molecule has 0 bridgehead atoms. The highest BCUT2D eigenvalue weighted by molar-refractivity contribution is 5.70. The van der Waals surface area contributed by atoms with E-state index in [9.17, 15) is 35.1 Å². The van der Waals surface area contributed by atoms with Gasteiger partial charge in [0, 0.05) is 11.1 Å². The van der Waals surface area contributed by atoms with Crippen molar-refractivity contribution in [3.8, 4) is 45.6 Å². The fourth-order valence-electron chi connectivity index (χ4n) is 10.5. The molecule has 0 amide bonds. The van der Waals surface area contributed by atoms with E-state index in [2.05, 4.69) is 0 Å². The van der Waals surface area contributed by atoms with E-state index in [1.807, 2.05) is 0 Å². The summed E-state index contributed by atoms with van der Waals surface area (Å²) in [5.74, 6) is -49.1. The number of ether oxygens (including phenoxy) is 4.